The molecule has 0 radical (unpaired) electrons. The molecule has 10 unspecified atom stereocenters. The Morgan fingerprint density at radius 2 is 0.782 bits per heavy atom. The van der Waals surface area contributed by atoms with E-state index in [1.165, 1.54) is 6.92 Å². The van der Waals surface area contributed by atoms with Gasteiger partial charge in [0, 0.05) is 0 Å². The topological polar surface area (TPSA) is 615 Å². The Morgan fingerprint density at radius 3 is 1.26 bits per heavy atom. The predicted molar refractivity (Wildman–Crippen MR) is 262 cm³/mol. The van der Waals surface area contributed by atoms with Crippen molar-refractivity contribution >= 4 is 120 Å². The summed E-state index contributed by atoms with van der Waals surface area (Å²) in [5.74, 6) is 0. The van der Waals surface area contributed by atoms with Gasteiger partial charge in [0.2, 0.25) is 52.0 Å². The van der Waals surface area contributed by atoms with Crippen molar-refractivity contribution in [2.75, 3.05) is 19.8 Å². The van der Waals surface area contributed by atoms with Gasteiger partial charge in [-0.05, 0) is 20.8 Å². The summed E-state index contributed by atoms with van der Waals surface area (Å²) in [4.78, 5) is 0. The Bertz CT molecular complexity index is 2510. The lowest BCUT2D eigenvalue weighted by atomic mass is 9.93. The molecule has 5 rings (SSSR count). The zero-order valence-electron chi connectivity index (χ0n) is 39.6. The van der Waals surface area contributed by atoms with Gasteiger partial charge in [0.25, 0.3) is 0 Å². The minimum atomic E-state index is -6.00. The summed E-state index contributed by atoms with van der Waals surface area (Å²) < 4.78 is 247. The first-order valence-electron chi connectivity index (χ1n) is 21.7. The molecule has 0 aliphatic carbocycles. The van der Waals surface area contributed by atoms with E-state index in [0.29, 0.717) is 0 Å². The van der Waals surface area contributed by atoms with Crippen molar-refractivity contribution in [2.24, 2.45) is 17.2 Å². The molecule has 5 aliphatic heterocycles. The van der Waals surface area contributed by atoms with Crippen LogP contribution in [0.5, 0.6) is 0 Å². The molecule has 0 saturated carbocycles. The molecule has 5 aliphatic rings. The minimum Gasteiger partial charge on any atom is -0.726 e. The molecule has 78 heavy (non-hydrogen) atoms. The Labute approximate surface area is 485 Å². The van der Waals surface area contributed by atoms with Gasteiger partial charge in [-0.2, -0.15) is 0 Å². The lowest BCUT2D eigenvalue weighted by Crippen LogP contribution is -2.69. The van der Waals surface area contributed by atoms with Crippen LogP contribution in [0.3, 0.4) is 0 Å². The third-order valence-corrected chi connectivity index (χ3v) is 13.9. The fourth-order valence-corrected chi connectivity index (χ4v) is 10.1. The molecular weight excluding hydrogens is 1530 g/mol. The molecule has 25 atom stereocenters. The molecule has 5 heterocycles. The molecule has 0 aromatic rings. The highest BCUT2D eigenvalue weighted by atomic mass is 127. The normalized spacial score (nSPS) is 42.4. The fourth-order valence-electron chi connectivity index (χ4n) is 8.19. The average Bonchev–Trinajstić information content (AvgIpc) is 3.28. The van der Waals surface area contributed by atoms with Crippen molar-refractivity contribution in [3.63, 3.8) is 0 Å². The monoisotopic (exact) mass is 1580 g/mol. The molecule has 0 amide bonds. The van der Waals surface area contributed by atoms with Gasteiger partial charge in [-0.15, -0.1) is 0 Å². The average molecular weight is 1580 g/mol. The van der Waals surface area contributed by atoms with Crippen LogP contribution in [-0.2, 0) is 116 Å². The van der Waals surface area contributed by atoms with Gasteiger partial charge >= 0.3 is 0 Å². The molecule has 0 aromatic heterocycles. The fraction of sp³-hybridized carbons (Fsp3) is 1.00. The Morgan fingerprint density at radius 1 is 0.397 bits per heavy atom. The second-order valence-electron chi connectivity index (χ2n) is 17.2. The van der Waals surface area contributed by atoms with E-state index in [2.05, 4.69) is 88.7 Å². The van der Waals surface area contributed by atoms with Gasteiger partial charge in [-0.1, -0.05) is 67.8 Å². The van der Waals surface area contributed by atoms with Crippen molar-refractivity contribution in [1.29, 1.82) is 0 Å². The van der Waals surface area contributed by atoms with E-state index in [0.717, 1.165) is 13.8 Å². The smallest absolute Gasteiger partial charge is 0.218 e. The van der Waals surface area contributed by atoms with Crippen LogP contribution in [0.25, 0.3) is 0 Å². The Balaban J connectivity index is 0.00000317. The van der Waals surface area contributed by atoms with Crippen LogP contribution in [0, 0.1) is 0 Å². The predicted octanol–water partition coefficient (Wildman–Crippen LogP) is -8.90. The molecule has 0 spiro atoms. The van der Waals surface area contributed by atoms with Crippen LogP contribution >= 0.6 is 67.8 Å². The van der Waals surface area contributed by atoms with Crippen LogP contribution in [-0.4, -0.2) is 268 Å². The number of hydrogen-bond acceptors (Lipinski definition) is 38. The SMILES string of the molecule is CC1O[C@@H](O[C@@H]2C(COS(=O)(=O)[O-])O[C@@H](O[C@@H]3C(C)O[C@@H](O[C@@H]4C(COS(=O)(=O)[O-])O[C@H](C)C(N)[C@H]4O)C(OS(=O)(=O)[O-])[C@@H]3O)C(N)[C@H]2OS(=O)(=O)[O-])C(O)[C@@H](O)[C@@H]1O[C@@H]1OC(COS(=O)(=O)[O-])[C@@H](O)[C@H](O)C1N.IC(I)I. The van der Waals surface area contributed by atoms with Crippen LogP contribution in [0.15, 0.2) is 0 Å². The third-order valence-electron chi connectivity index (χ3n) is 11.8. The minimum absolute atomic E-state index is 0.743. The highest BCUT2D eigenvalue weighted by molar-refractivity contribution is 14.3. The molecule has 462 valence electrons. The van der Waals surface area contributed by atoms with E-state index in [4.69, 9.17) is 59.8 Å². The van der Waals surface area contributed by atoms with Crippen molar-refractivity contribution in [2.45, 2.75) is 174 Å². The first-order valence-corrected chi connectivity index (χ1v) is 32.1. The molecule has 38 nitrogen and oxygen atoms in total. The largest absolute Gasteiger partial charge is 0.726 e. The Hall–Kier alpha value is 0.820. The first-order chi connectivity index (χ1) is 35.5. The van der Waals surface area contributed by atoms with E-state index < -0.39 is 225 Å². The molecule has 0 aromatic carbocycles. The highest BCUT2D eigenvalue weighted by Crippen LogP contribution is 2.37. The van der Waals surface area contributed by atoms with E-state index >= 15 is 0 Å². The summed E-state index contributed by atoms with van der Waals surface area (Å²) >= 11 is 6.95. The van der Waals surface area contributed by atoms with E-state index in [9.17, 15) is 95.5 Å². The first kappa shape index (κ1) is 71.3. The second-order valence-corrected chi connectivity index (χ2v) is 33.3. The summed E-state index contributed by atoms with van der Waals surface area (Å²) in [6.07, 6.45) is -45.4. The number of aliphatic hydroxyl groups excluding tert-OH is 6. The Kier molecular flexibility index (Phi) is 26.5. The second kappa shape index (κ2) is 29.0. The maximum absolute atomic E-state index is 12.2. The van der Waals surface area contributed by atoms with Crippen molar-refractivity contribution < 1.29 is 159 Å². The maximum Gasteiger partial charge on any atom is 0.218 e. The number of hydrogen-bond donors (Lipinski definition) is 9. The van der Waals surface area contributed by atoms with E-state index in [1.807, 2.05) is 0 Å². The zero-order valence-corrected chi connectivity index (χ0v) is 50.1. The quantitative estimate of drug-likeness (QED) is 0.0223. The standard InChI is InChI=1S/C31H57N3O35S5.CHI3/c1-7-13(32)18(37)24(11(59-7)5-57-71(44,45)46)66-31-27(69-74(53,54)55)21(40)23(9(3)61-31)65-29-15(34)26(68-73(50,51)52)25(12(63-29)6-58-72(47,48)49)67-30-20(39)19(38)22(8(2)60-30)64-28-14(33)17(36)16(35)10(62-28)4-56-70(41,42)43;2-1(3)4/h7-31,35-40H,4-6,32-34H2,1-3H3,(H,41,42,43)(H,44,45,46)(H,47,48,49)(H,50,51,52)(H,53,54,55);1H/p-5/t7-,8?,9?,10?,11?,12?,13?,14?,15?,16-,17-,18-,19-,20?,21-,22-,23-,24-,25-,26-,27?,28+,29+,30+,31+;/m1./s1. The number of alkyl halides is 3. The van der Waals surface area contributed by atoms with E-state index in [1.54, 1.807) is 0 Å². The maximum atomic E-state index is 12.2. The van der Waals surface area contributed by atoms with Gasteiger partial charge in [0.1, 0.15) is 85.4 Å². The molecule has 5 saturated heterocycles. The van der Waals surface area contributed by atoms with Gasteiger partial charge in [0.05, 0.1) is 56.3 Å². The summed E-state index contributed by atoms with van der Waals surface area (Å²) in [5.41, 5.74) is 18.1. The zero-order chi connectivity index (χ0) is 59.5. The summed E-state index contributed by atoms with van der Waals surface area (Å²) in [6, 6.07) is -5.32. The number of aliphatic hydroxyl groups is 6. The lowest BCUT2D eigenvalue weighted by Gasteiger charge is -2.50. The number of nitrogens with two attached hydrogens (primary N) is 3. The van der Waals surface area contributed by atoms with E-state index in [-0.39, 0.29) is 0 Å². The summed E-state index contributed by atoms with van der Waals surface area (Å²) in [7, 11) is -28.4. The molecular formula is C32H53I3N3O35S5-5. The van der Waals surface area contributed by atoms with Crippen LogP contribution < -0.4 is 17.2 Å². The van der Waals surface area contributed by atoms with Gasteiger partial charge in [-0.3, -0.25) is 20.9 Å². The van der Waals surface area contributed by atoms with Crippen LogP contribution in [0.2, 0.25) is 0 Å². The summed E-state index contributed by atoms with van der Waals surface area (Å²) in [5, 5.41) is 65.7. The van der Waals surface area contributed by atoms with Crippen molar-refractivity contribution in [3.05, 3.63) is 0 Å². The third kappa shape index (κ3) is 21.1. The molecule has 12 N–H and O–H groups in total. The van der Waals surface area contributed by atoms with Crippen molar-refractivity contribution in [3.8, 4) is 0 Å². The lowest BCUT2D eigenvalue weighted by molar-refractivity contribution is -0.372. The number of rotatable bonds is 21. The van der Waals surface area contributed by atoms with Gasteiger partial charge < -0.3 is 113 Å². The molecule has 0 bridgehead atoms. The van der Waals surface area contributed by atoms with Crippen LogP contribution in [0.1, 0.15) is 20.8 Å². The molecule has 5 fully saturated rings. The van der Waals surface area contributed by atoms with Gasteiger partial charge in [-0.25, -0.2) is 42.1 Å². The van der Waals surface area contributed by atoms with Gasteiger partial charge in [0.15, 0.2) is 31.3 Å². The molecule has 46 heteroatoms. The highest BCUT2D eigenvalue weighted by Gasteiger charge is 2.57. The van der Waals surface area contributed by atoms with Crippen LogP contribution in [0.4, 0.5) is 0 Å². The number of halogens is 3. The van der Waals surface area contributed by atoms with Crippen molar-refractivity contribution in [1.82, 2.24) is 0 Å². The summed E-state index contributed by atoms with van der Waals surface area (Å²) in [6.45, 7) is -0.404. The number of ether oxygens (including phenoxy) is 9.